The van der Waals surface area contributed by atoms with Gasteiger partial charge < -0.3 is 15.4 Å². The maximum atomic E-state index is 13.0. The molecule has 1 amide bonds. The molecule has 0 bridgehead atoms. The summed E-state index contributed by atoms with van der Waals surface area (Å²) in [5.74, 6) is -2.04. The number of benzene rings is 2. The van der Waals surface area contributed by atoms with Crippen molar-refractivity contribution in [1.29, 1.82) is 0 Å². The number of ketones is 1. The number of carboxylic acids is 1. The molecule has 7 nitrogen and oxygen atoms in total. The quantitative estimate of drug-likeness (QED) is 0.459. The summed E-state index contributed by atoms with van der Waals surface area (Å²) in [6.45, 7) is 0. The summed E-state index contributed by atoms with van der Waals surface area (Å²) >= 11 is 0. The van der Waals surface area contributed by atoms with Crippen LogP contribution in [0.3, 0.4) is 0 Å². The molecule has 0 unspecified atom stereocenters. The second-order valence-electron chi connectivity index (χ2n) is 8.35. The molecule has 3 N–H and O–H groups in total. The van der Waals surface area contributed by atoms with Crippen LogP contribution in [-0.4, -0.2) is 27.8 Å². The average Bonchev–Trinajstić information content (AvgIpc) is 2.80. The predicted octanol–water partition coefficient (Wildman–Crippen LogP) is 3.58. The maximum Gasteiger partial charge on any atom is 0.306 e. The van der Waals surface area contributed by atoms with Crippen LogP contribution in [0.15, 0.2) is 77.7 Å². The minimum Gasteiger partial charge on any atom is -0.481 e. The fourth-order valence-corrected chi connectivity index (χ4v) is 4.15. The molecule has 33 heavy (non-hydrogen) atoms. The summed E-state index contributed by atoms with van der Waals surface area (Å²) in [7, 11) is 0. The monoisotopic (exact) mass is 444 g/mol. The van der Waals surface area contributed by atoms with E-state index in [0.29, 0.717) is 12.8 Å². The van der Waals surface area contributed by atoms with E-state index >= 15 is 0 Å². The molecular weight excluding hydrogens is 420 g/mol. The van der Waals surface area contributed by atoms with Gasteiger partial charge in [0.25, 0.3) is 5.91 Å². The molecule has 1 aromatic heterocycles. The fraction of sp³-hybridized carbons (Fsp3) is 0.231. The standard InChI is InChI=1S/C26H24N2O5/c29-22-14-21(23(30)13-16-11-19(12-16)26(32)33)27-15-20(22)25(31)28-24(17-7-3-1-4-8-17)18-9-5-2-6-10-18/h1-10,14-16,19,24H,11-13H2,(H,27,29)(H,28,31)(H,32,33). The van der Waals surface area contributed by atoms with Gasteiger partial charge in [-0.25, -0.2) is 0 Å². The van der Waals surface area contributed by atoms with Gasteiger partial charge in [-0.2, -0.15) is 0 Å². The van der Waals surface area contributed by atoms with E-state index in [1.54, 1.807) is 0 Å². The highest BCUT2D eigenvalue weighted by Gasteiger charge is 2.35. The Balaban J connectivity index is 1.48. The average molecular weight is 444 g/mol. The highest BCUT2D eigenvalue weighted by Crippen LogP contribution is 2.36. The molecule has 1 fully saturated rings. The normalized spacial score (nSPS) is 17.2. The molecule has 7 heteroatoms. The molecule has 1 saturated carbocycles. The number of carbonyl (C=O) groups is 3. The van der Waals surface area contributed by atoms with Crippen molar-refractivity contribution in [3.05, 3.63) is 106 Å². The number of hydrogen-bond donors (Lipinski definition) is 3. The molecule has 1 aliphatic carbocycles. The highest BCUT2D eigenvalue weighted by atomic mass is 16.4. The number of H-pyrrole nitrogens is 1. The van der Waals surface area contributed by atoms with Crippen molar-refractivity contribution in [2.24, 2.45) is 11.8 Å². The van der Waals surface area contributed by atoms with Gasteiger partial charge in [0, 0.05) is 18.7 Å². The summed E-state index contributed by atoms with van der Waals surface area (Å²) in [4.78, 5) is 51.8. The van der Waals surface area contributed by atoms with Crippen LogP contribution >= 0.6 is 0 Å². The number of nitrogens with one attached hydrogen (secondary N) is 2. The van der Waals surface area contributed by atoms with E-state index in [9.17, 15) is 19.2 Å². The SMILES string of the molecule is O=C(CC1CC(C(=O)O)C1)c1cc(=O)c(C(=O)NC(c2ccccc2)c2ccccc2)c[nH]1. The number of carboxylic acid groups (broad SMARTS) is 1. The Morgan fingerprint density at radius 3 is 2.06 bits per heavy atom. The Kier molecular flexibility index (Phi) is 6.49. The van der Waals surface area contributed by atoms with Gasteiger partial charge in [-0.15, -0.1) is 0 Å². The van der Waals surface area contributed by atoms with Gasteiger partial charge in [-0.1, -0.05) is 60.7 Å². The number of aromatic amines is 1. The molecule has 0 radical (unpaired) electrons. The minimum absolute atomic E-state index is 0.00239. The maximum absolute atomic E-state index is 13.0. The van der Waals surface area contributed by atoms with Gasteiger partial charge in [0.15, 0.2) is 11.2 Å². The van der Waals surface area contributed by atoms with Crippen LogP contribution in [0.5, 0.6) is 0 Å². The van der Waals surface area contributed by atoms with Crippen molar-refractivity contribution in [2.75, 3.05) is 0 Å². The van der Waals surface area contributed by atoms with Crippen LogP contribution in [0.4, 0.5) is 0 Å². The Bertz CT molecular complexity index is 1170. The molecule has 0 spiro atoms. The first-order valence-electron chi connectivity index (χ1n) is 10.8. The Morgan fingerprint density at radius 1 is 0.970 bits per heavy atom. The molecule has 0 aliphatic heterocycles. The topological polar surface area (TPSA) is 116 Å². The van der Waals surface area contributed by atoms with E-state index in [1.165, 1.54) is 6.20 Å². The summed E-state index contributed by atoms with van der Waals surface area (Å²) in [5.41, 5.74) is 1.24. The smallest absolute Gasteiger partial charge is 0.306 e. The summed E-state index contributed by atoms with van der Waals surface area (Å²) in [6, 6.07) is 19.6. The van der Waals surface area contributed by atoms with Gasteiger partial charge in [-0.05, 0) is 29.9 Å². The number of amides is 1. The zero-order valence-electron chi connectivity index (χ0n) is 17.9. The van der Waals surface area contributed by atoms with E-state index in [-0.39, 0.29) is 29.4 Å². The number of rotatable bonds is 8. The molecule has 1 heterocycles. The lowest BCUT2D eigenvalue weighted by atomic mass is 9.72. The van der Waals surface area contributed by atoms with Crippen molar-refractivity contribution < 1.29 is 19.5 Å². The van der Waals surface area contributed by atoms with Crippen molar-refractivity contribution >= 4 is 17.7 Å². The zero-order valence-corrected chi connectivity index (χ0v) is 17.9. The second kappa shape index (κ2) is 9.65. The van der Waals surface area contributed by atoms with Crippen molar-refractivity contribution in [2.45, 2.75) is 25.3 Å². The van der Waals surface area contributed by atoms with E-state index in [4.69, 9.17) is 5.11 Å². The third-order valence-electron chi connectivity index (χ3n) is 6.06. The summed E-state index contributed by atoms with van der Waals surface area (Å²) in [6.07, 6.45) is 2.37. The third-order valence-corrected chi connectivity index (χ3v) is 6.06. The van der Waals surface area contributed by atoms with Gasteiger partial charge in [0.05, 0.1) is 17.7 Å². The number of pyridine rings is 1. The molecule has 2 aromatic carbocycles. The van der Waals surface area contributed by atoms with Crippen LogP contribution in [0.2, 0.25) is 0 Å². The molecule has 4 rings (SSSR count). The third kappa shape index (κ3) is 5.09. The molecule has 0 atom stereocenters. The lowest BCUT2D eigenvalue weighted by molar-refractivity contribution is -0.146. The molecular formula is C26H24N2O5. The Morgan fingerprint density at radius 2 is 1.55 bits per heavy atom. The number of carbonyl (C=O) groups excluding carboxylic acids is 2. The number of hydrogen-bond acceptors (Lipinski definition) is 4. The Labute approximate surface area is 190 Å². The van der Waals surface area contributed by atoms with Crippen LogP contribution < -0.4 is 10.7 Å². The Hall–Kier alpha value is -4.00. The summed E-state index contributed by atoms with van der Waals surface area (Å²) in [5, 5.41) is 11.9. The molecule has 1 aliphatic rings. The van der Waals surface area contributed by atoms with E-state index in [0.717, 1.165) is 17.2 Å². The van der Waals surface area contributed by atoms with Crippen LogP contribution in [0.1, 0.15) is 57.3 Å². The predicted molar refractivity (Wildman–Crippen MR) is 122 cm³/mol. The fourth-order valence-electron chi connectivity index (χ4n) is 4.15. The lowest BCUT2D eigenvalue weighted by Crippen LogP contribution is -2.33. The van der Waals surface area contributed by atoms with Gasteiger partial charge in [-0.3, -0.25) is 19.2 Å². The van der Waals surface area contributed by atoms with Crippen molar-refractivity contribution in [3.8, 4) is 0 Å². The van der Waals surface area contributed by atoms with E-state index in [1.807, 2.05) is 60.7 Å². The number of Topliss-reactive ketones (excluding diaryl/α,β-unsaturated/α-hetero) is 1. The lowest BCUT2D eigenvalue weighted by Gasteiger charge is -2.31. The molecule has 168 valence electrons. The van der Waals surface area contributed by atoms with Crippen molar-refractivity contribution in [3.63, 3.8) is 0 Å². The van der Waals surface area contributed by atoms with Crippen molar-refractivity contribution in [1.82, 2.24) is 10.3 Å². The van der Waals surface area contributed by atoms with E-state index in [2.05, 4.69) is 10.3 Å². The zero-order chi connectivity index (χ0) is 23.4. The first-order valence-corrected chi connectivity index (χ1v) is 10.8. The van der Waals surface area contributed by atoms with Crippen LogP contribution in [0, 0.1) is 11.8 Å². The van der Waals surface area contributed by atoms with Crippen LogP contribution in [0.25, 0.3) is 0 Å². The van der Waals surface area contributed by atoms with Crippen LogP contribution in [-0.2, 0) is 4.79 Å². The number of aromatic nitrogens is 1. The van der Waals surface area contributed by atoms with Gasteiger partial charge >= 0.3 is 5.97 Å². The summed E-state index contributed by atoms with van der Waals surface area (Å²) < 4.78 is 0. The first kappa shape index (κ1) is 22.2. The molecule has 3 aromatic rings. The molecule has 0 saturated heterocycles. The van der Waals surface area contributed by atoms with Gasteiger partial charge in [0.1, 0.15) is 5.56 Å². The largest absolute Gasteiger partial charge is 0.481 e. The minimum atomic E-state index is -0.841. The first-order chi connectivity index (χ1) is 15.9. The van der Waals surface area contributed by atoms with E-state index < -0.39 is 29.3 Å². The second-order valence-corrected chi connectivity index (χ2v) is 8.35. The highest BCUT2D eigenvalue weighted by molar-refractivity contribution is 5.97. The number of aliphatic carboxylic acids is 1. The van der Waals surface area contributed by atoms with Gasteiger partial charge in [0.2, 0.25) is 0 Å².